The summed E-state index contributed by atoms with van der Waals surface area (Å²) in [6, 6.07) is 9.83. The number of ether oxygens (including phenoxy) is 3. The van der Waals surface area contributed by atoms with Gasteiger partial charge >= 0.3 is 135 Å². The van der Waals surface area contributed by atoms with Gasteiger partial charge in [-0.05, 0) is 49.2 Å². The van der Waals surface area contributed by atoms with Gasteiger partial charge in [-0.3, -0.25) is 0 Å². The number of hydrogen-bond donors (Lipinski definition) is 4. The molecular formula is C49H63F3N6O10SSn. The Morgan fingerprint density at radius 3 is 1.49 bits per heavy atom. The van der Waals surface area contributed by atoms with Crippen molar-refractivity contribution in [3.63, 3.8) is 0 Å². The summed E-state index contributed by atoms with van der Waals surface area (Å²) in [4.78, 5) is 53.7. The van der Waals surface area contributed by atoms with Crippen molar-refractivity contribution in [1.29, 1.82) is 0 Å². The fourth-order valence-corrected chi connectivity index (χ4v) is 20.6. The van der Waals surface area contributed by atoms with E-state index in [-0.39, 0.29) is 16.7 Å². The molecule has 6 aromatic rings. The second-order valence-electron chi connectivity index (χ2n) is 15.7. The minimum atomic E-state index is -5.93. The fraction of sp³-hybridized carbons (Fsp3) is 0.388. The molecule has 0 bridgehead atoms. The Hall–Kier alpha value is -6.00. The van der Waals surface area contributed by atoms with Crippen LogP contribution < -0.4 is 4.18 Å². The summed E-state index contributed by atoms with van der Waals surface area (Å²) < 4.78 is 84.5. The Bertz CT molecular complexity index is 2750. The van der Waals surface area contributed by atoms with Crippen LogP contribution in [0.15, 0.2) is 78.8 Å². The molecule has 0 radical (unpaired) electrons. The average Bonchev–Trinajstić information content (AvgIpc) is 4.20. The first kappa shape index (κ1) is 58.3. The molecule has 70 heavy (non-hydrogen) atoms. The van der Waals surface area contributed by atoms with Crippen LogP contribution in [-0.4, -0.2) is 113 Å². The molecule has 380 valence electrons. The predicted molar refractivity (Wildman–Crippen MR) is 269 cm³/mol. The topological polar surface area (TPSA) is 229 Å². The van der Waals surface area contributed by atoms with Gasteiger partial charge in [0.15, 0.2) is 11.4 Å². The zero-order valence-corrected chi connectivity index (χ0v) is 43.9. The maximum absolute atomic E-state index is 12.4. The Morgan fingerprint density at radius 1 is 0.714 bits per heavy atom. The molecule has 1 fully saturated rings. The van der Waals surface area contributed by atoms with Crippen molar-refractivity contribution in [2.45, 2.75) is 91.0 Å². The van der Waals surface area contributed by atoms with Crippen molar-refractivity contribution in [3.8, 4) is 5.75 Å². The van der Waals surface area contributed by atoms with Gasteiger partial charge in [0, 0.05) is 53.7 Å². The number of esters is 2. The minimum absolute atomic E-state index is 0.0229. The van der Waals surface area contributed by atoms with Crippen molar-refractivity contribution in [1.82, 2.24) is 29.9 Å². The van der Waals surface area contributed by atoms with E-state index < -0.39 is 63.4 Å². The molecule has 0 atom stereocenters. The van der Waals surface area contributed by atoms with Crippen LogP contribution in [0.4, 0.5) is 13.2 Å². The quantitative estimate of drug-likeness (QED) is 0.0289. The Labute approximate surface area is 410 Å². The van der Waals surface area contributed by atoms with Crippen molar-refractivity contribution in [3.05, 3.63) is 107 Å². The summed E-state index contributed by atoms with van der Waals surface area (Å²) in [5, 5.41) is 10.4. The molecule has 7 heterocycles. The Morgan fingerprint density at radius 2 is 1.11 bits per heavy atom. The maximum atomic E-state index is 12.4. The average molecular weight is 1100 g/mol. The van der Waals surface area contributed by atoms with Crippen LogP contribution in [0.1, 0.15) is 115 Å². The third-order valence-corrected chi connectivity index (χ3v) is 25.9. The van der Waals surface area contributed by atoms with Gasteiger partial charge in [0.1, 0.15) is 28.3 Å². The number of fused-ring (bicyclic) bond motifs is 3. The van der Waals surface area contributed by atoms with E-state index in [1.54, 1.807) is 37.8 Å². The molecule has 16 nitrogen and oxygen atoms in total. The molecule has 0 unspecified atom stereocenters. The molecule has 1 aliphatic rings. The predicted octanol–water partition coefficient (Wildman–Crippen LogP) is 11.8. The Kier molecular flexibility index (Phi) is 23.8. The summed E-state index contributed by atoms with van der Waals surface area (Å²) >= 11 is -1.85. The normalized spacial score (nSPS) is 12.2. The van der Waals surface area contributed by atoms with E-state index in [0.717, 1.165) is 36.7 Å². The molecule has 0 spiro atoms. The third-order valence-electron chi connectivity index (χ3n) is 11.0. The van der Waals surface area contributed by atoms with Gasteiger partial charge in [0.05, 0.1) is 19.6 Å². The number of carboxylic acids is 1. The van der Waals surface area contributed by atoms with Crippen LogP contribution in [0.3, 0.4) is 0 Å². The van der Waals surface area contributed by atoms with E-state index in [1.807, 2.05) is 18.2 Å². The smallest absolute Gasteiger partial charge is 0.464 e. The number of carbonyl (C=O) groups is 3. The summed E-state index contributed by atoms with van der Waals surface area (Å²) in [7, 11) is -3.62. The second-order valence-corrected chi connectivity index (χ2v) is 30.5. The molecule has 6 aromatic heterocycles. The van der Waals surface area contributed by atoms with Gasteiger partial charge in [-0.1, -0.05) is 25.3 Å². The van der Waals surface area contributed by atoms with E-state index in [0.29, 0.717) is 22.6 Å². The SMILES string of the molecule is C1CCOC1.C=Cc1c(C(=O)O)[nH]c2ncccc12.C=Cc1c(C(=O)OC)[nH]c2ncccc12.C=[CH][Sn]([CH2]CCC)([CH2]CCC)[CH2]CCC.COC(=O)c1[nH]c2ncccc2c1OS(=O)(=O)C(F)(F)F. The van der Waals surface area contributed by atoms with Crippen LogP contribution >= 0.6 is 0 Å². The van der Waals surface area contributed by atoms with Gasteiger partial charge < -0.3 is 38.5 Å². The van der Waals surface area contributed by atoms with E-state index in [2.05, 4.69) is 88.2 Å². The monoisotopic (exact) mass is 1100 g/mol. The number of pyridine rings is 3. The van der Waals surface area contributed by atoms with E-state index in [9.17, 15) is 36.0 Å². The summed E-state index contributed by atoms with van der Waals surface area (Å²) in [6.45, 7) is 20.4. The first-order valence-electron chi connectivity index (χ1n) is 22.7. The summed E-state index contributed by atoms with van der Waals surface area (Å²) in [6.07, 6.45) is 18.7. The number of halogens is 3. The number of unbranched alkanes of at least 4 members (excludes halogenated alkanes) is 3. The Balaban J connectivity index is 0.000000241. The van der Waals surface area contributed by atoms with Crippen LogP contribution in [0, 0.1) is 0 Å². The van der Waals surface area contributed by atoms with Crippen molar-refractivity contribution in [2.24, 2.45) is 0 Å². The van der Waals surface area contributed by atoms with Crippen LogP contribution in [-0.2, 0) is 24.3 Å². The van der Waals surface area contributed by atoms with Gasteiger partial charge in [0.2, 0.25) is 0 Å². The van der Waals surface area contributed by atoms with E-state index in [4.69, 9.17) is 9.84 Å². The molecular weight excluding hydrogens is 1040 g/mol. The molecule has 0 saturated carbocycles. The number of aromatic carboxylic acids is 1. The molecule has 7 rings (SSSR count). The largest absolute Gasteiger partial charge is 0.534 e. The number of nitrogens with one attached hydrogen (secondary N) is 3. The molecule has 1 saturated heterocycles. The number of rotatable bonds is 17. The fourth-order valence-electron chi connectivity index (χ4n) is 7.21. The van der Waals surface area contributed by atoms with Crippen LogP contribution in [0.25, 0.3) is 45.3 Å². The van der Waals surface area contributed by atoms with E-state index >= 15 is 0 Å². The third kappa shape index (κ3) is 16.0. The molecule has 4 N–H and O–H groups in total. The first-order valence-corrected chi connectivity index (χ1v) is 31.8. The summed E-state index contributed by atoms with van der Waals surface area (Å²) in [5.74, 6) is -3.33. The number of carboxylic acid groups (broad SMARTS) is 1. The number of nitrogens with zero attached hydrogens (tertiary/aromatic N) is 3. The van der Waals surface area contributed by atoms with Gasteiger partial charge in [-0.25, -0.2) is 29.3 Å². The van der Waals surface area contributed by atoms with Gasteiger partial charge in [0.25, 0.3) is 0 Å². The van der Waals surface area contributed by atoms with Crippen molar-refractivity contribution in [2.75, 3.05) is 27.4 Å². The number of H-pyrrole nitrogens is 3. The van der Waals surface area contributed by atoms with E-state index in [1.165, 1.54) is 82.9 Å². The number of aromatic nitrogens is 6. The number of aromatic amines is 3. The van der Waals surface area contributed by atoms with Gasteiger partial charge in [-0.15, -0.1) is 0 Å². The number of alkyl halides is 3. The number of carbonyl (C=O) groups excluding carboxylic acids is 2. The molecule has 0 aliphatic carbocycles. The standard InChI is InChI=1S/C11H10N2O2.C10H7F3N2O5S.C10H8N2O2.C4H8O.3C4H9.C2H3.Sn/c1-3-7-8-5-4-6-12-10(8)13-9(7)11(14)15-2;1-19-9(16)6-7(20-21(17,18)10(11,12)13)5-3-2-4-14-8(5)15-6;1-2-6-7-4-3-5-11-9(7)12-8(6)10(13)14;1-2-4-5-3-1;3*1-3-4-2;1-2;/h3-6H,1H2,2H3,(H,12,13);2-4H,1H3,(H,14,15);2-5H,1H2,(H,11,12)(H,13,14);1-4H2;3*1,3-4H2,2H3;1H,2H2;. The van der Waals surface area contributed by atoms with Crippen molar-refractivity contribution >= 4 is 91.7 Å². The minimum Gasteiger partial charge on any atom is -0.464 e. The van der Waals surface area contributed by atoms with Gasteiger partial charge in [-0.2, -0.15) is 21.6 Å². The first-order chi connectivity index (χ1) is 33.4. The maximum Gasteiger partial charge on any atom is 0.534 e. The zero-order chi connectivity index (χ0) is 51.9. The number of hydrogen-bond acceptors (Lipinski definition) is 12. The number of methoxy groups -OCH3 is 2. The molecule has 0 amide bonds. The molecule has 21 heteroatoms. The van der Waals surface area contributed by atoms with Crippen LogP contribution in [0.5, 0.6) is 5.75 Å². The molecule has 0 aromatic carbocycles. The zero-order valence-electron chi connectivity index (χ0n) is 40.2. The summed E-state index contributed by atoms with van der Waals surface area (Å²) in [5.41, 5.74) is -3.18. The van der Waals surface area contributed by atoms with Crippen molar-refractivity contribution < 1.29 is 59.5 Å². The molecule has 1 aliphatic heterocycles. The van der Waals surface area contributed by atoms with Crippen LogP contribution in [0.2, 0.25) is 13.3 Å². The second kappa shape index (κ2) is 28.6.